The van der Waals surface area contributed by atoms with Gasteiger partial charge in [0.15, 0.2) is 0 Å². The van der Waals surface area contributed by atoms with Crippen LogP contribution in [-0.2, 0) is 9.53 Å². The molecule has 7 heteroatoms. The van der Waals surface area contributed by atoms with E-state index in [9.17, 15) is 4.79 Å². The second-order valence-electron chi connectivity index (χ2n) is 3.83. The summed E-state index contributed by atoms with van der Waals surface area (Å²) in [6.45, 7) is 0.204. The Morgan fingerprint density at radius 2 is 2.47 bits per heavy atom. The molecule has 1 aliphatic heterocycles. The first kappa shape index (κ1) is 13.5. The predicted octanol–water partition coefficient (Wildman–Crippen LogP) is 2.47. The molecule has 2 rings (SSSR count). The van der Waals surface area contributed by atoms with Crippen molar-refractivity contribution in [3.63, 3.8) is 0 Å². The fraction of sp³-hybridized carbons (Fsp3) is 0.250. The molecule has 0 aromatic carbocycles. The molecule has 0 spiro atoms. The monoisotopic (exact) mass is 322 g/mol. The van der Waals surface area contributed by atoms with Crippen LogP contribution in [0.25, 0.3) is 10.4 Å². The van der Waals surface area contributed by atoms with E-state index >= 15 is 0 Å². The maximum Gasteiger partial charge on any atom is 0.338 e. The van der Waals surface area contributed by atoms with Gasteiger partial charge in [-0.1, -0.05) is 27.1 Å². The van der Waals surface area contributed by atoms with E-state index in [1.165, 1.54) is 0 Å². The van der Waals surface area contributed by atoms with Crippen LogP contribution in [0.1, 0.15) is 0 Å². The minimum Gasteiger partial charge on any atom is -0.462 e. The van der Waals surface area contributed by atoms with Crippen molar-refractivity contribution in [1.29, 1.82) is 0 Å². The first-order valence-electron chi connectivity index (χ1n) is 5.62. The Morgan fingerprint density at radius 1 is 1.63 bits per heavy atom. The normalized spacial score (nSPS) is 20.1. The van der Waals surface area contributed by atoms with Crippen molar-refractivity contribution >= 4 is 21.9 Å². The summed E-state index contributed by atoms with van der Waals surface area (Å²) in [5.74, 6) is -0.425. The Morgan fingerprint density at radius 3 is 3.26 bits per heavy atom. The molecule has 1 unspecified atom stereocenters. The first-order valence-corrected chi connectivity index (χ1v) is 6.42. The highest BCUT2D eigenvalue weighted by Crippen LogP contribution is 2.29. The fourth-order valence-corrected chi connectivity index (χ4v) is 2.30. The molecular weight excluding hydrogens is 312 g/mol. The standard InChI is InChI=1S/C12H11BrN4O2/c13-8-6-10(12(18)19-5-4-16-17-14)9-2-1-3-15-11(9)7-8/h1-3,6-7,11,15H,4-5H2. The van der Waals surface area contributed by atoms with Gasteiger partial charge in [0.25, 0.3) is 0 Å². The molecule has 0 radical (unpaired) electrons. The van der Waals surface area contributed by atoms with Crippen LogP contribution in [0.15, 0.2) is 51.2 Å². The van der Waals surface area contributed by atoms with E-state index in [1.807, 2.05) is 24.4 Å². The summed E-state index contributed by atoms with van der Waals surface area (Å²) in [5, 5.41) is 6.45. The van der Waals surface area contributed by atoms with Crippen molar-refractivity contribution in [2.75, 3.05) is 13.2 Å². The summed E-state index contributed by atoms with van der Waals surface area (Å²) in [4.78, 5) is 14.6. The largest absolute Gasteiger partial charge is 0.462 e. The van der Waals surface area contributed by atoms with Crippen LogP contribution in [0.5, 0.6) is 0 Å². The number of esters is 1. The van der Waals surface area contributed by atoms with Crippen LogP contribution in [0.4, 0.5) is 0 Å². The smallest absolute Gasteiger partial charge is 0.338 e. The third kappa shape index (κ3) is 3.27. The molecule has 0 saturated carbocycles. The number of nitrogens with one attached hydrogen (secondary N) is 1. The second-order valence-corrected chi connectivity index (χ2v) is 4.74. The van der Waals surface area contributed by atoms with Crippen LogP contribution in [0.3, 0.4) is 0 Å². The lowest BCUT2D eigenvalue weighted by Gasteiger charge is -2.25. The van der Waals surface area contributed by atoms with E-state index in [0.29, 0.717) is 5.57 Å². The molecule has 2 aliphatic rings. The average molecular weight is 323 g/mol. The highest BCUT2D eigenvalue weighted by molar-refractivity contribution is 9.11. The van der Waals surface area contributed by atoms with Gasteiger partial charge in [0.05, 0.1) is 24.8 Å². The minimum atomic E-state index is -0.425. The predicted molar refractivity (Wildman–Crippen MR) is 74.2 cm³/mol. The van der Waals surface area contributed by atoms with Crippen molar-refractivity contribution in [3.8, 4) is 0 Å². The lowest BCUT2D eigenvalue weighted by atomic mass is 9.92. The maximum absolute atomic E-state index is 12.0. The number of carbonyl (C=O) groups excluding carboxylic acids is 1. The van der Waals surface area contributed by atoms with Gasteiger partial charge in [-0.15, -0.1) is 0 Å². The maximum atomic E-state index is 12.0. The number of azide groups is 1. The molecule has 0 aromatic heterocycles. The molecule has 1 N–H and O–H groups in total. The third-order valence-electron chi connectivity index (χ3n) is 2.61. The average Bonchev–Trinajstić information content (AvgIpc) is 2.42. The molecule has 6 nitrogen and oxygen atoms in total. The van der Waals surface area contributed by atoms with E-state index in [1.54, 1.807) is 6.08 Å². The van der Waals surface area contributed by atoms with Gasteiger partial charge in [-0.25, -0.2) is 4.79 Å². The van der Waals surface area contributed by atoms with E-state index in [0.717, 1.165) is 10.1 Å². The summed E-state index contributed by atoms with van der Waals surface area (Å²) in [6, 6.07) is -0.0379. The van der Waals surface area contributed by atoms with Crippen molar-refractivity contribution in [3.05, 3.63) is 56.6 Å². The number of carbonyl (C=O) groups is 1. The van der Waals surface area contributed by atoms with Crippen molar-refractivity contribution in [2.45, 2.75) is 6.04 Å². The van der Waals surface area contributed by atoms with Gasteiger partial charge in [-0.2, -0.15) is 0 Å². The molecule has 0 aromatic rings. The zero-order valence-corrected chi connectivity index (χ0v) is 11.5. The summed E-state index contributed by atoms with van der Waals surface area (Å²) >= 11 is 3.37. The zero-order valence-electron chi connectivity index (χ0n) is 9.91. The zero-order chi connectivity index (χ0) is 13.7. The molecule has 1 aliphatic carbocycles. The molecule has 0 saturated heterocycles. The Kier molecular flexibility index (Phi) is 4.43. The van der Waals surface area contributed by atoms with Crippen LogP contribution < -0.4 is 5.32 Å². The van der Waals surface area contributed by atoms with Gasteiger partial charge in [-0.3, -0.25) is 0 Å². The molecule has 98 valence electrons. The van der Waals surface area contributed by atoms with Gasteiger partial charge in [0.1, 0.15) is 0 Å². The van der Waals surface area contributed by atoms with Crippen LogP contribution in [-0.4, -0.2) is 25.2 Å². The Hall–Kier alpha value is -1.98. The van der Waals surface area contributed by atoms with Gasteiger partial charge < -0.3 is 10.1 Å². The first-order chi connectivity index (χ1) is 9.22. The van der Waals surface area contributed by atoms with Gasteiger partial charge in [-0.05, 0) is 35.5 Å². The summed E-state index contributed by atoms with van der Waals surface area (Å²) in [5.41, 5.74) is 9.50. The molecule has 1 heterocycles. The van der Waals surface area contributed by atoms with Crippen molar-refractivity contribution in [1.82, 2.24) is 5.32 Å². The van der Waals surface area contributed by atoms with E-state index in [-0.39, 0.29) is 19.2 Å². The molecule has 0 amide bonds. The highest BCUT2D eigenvalue weighted by Gasteiger charge is 2.26. The Balaban J connectivity index is 2.10. The molecule has 19 heavy (non-hydrogen) atoms. The lowest BCUT2D eigenvalue weighted by Crippen LogP contribution is -2.31. The van der Waals surface area contributed by atoms with Crippen LogP contribution in [0, 0.1) is 0 Å². The van der Waals surface area contributed by atoms with Crippen LogP contribution >= 0.6 is 15.9 Å². The van der Waals surface area contributed by atoms with E-state index < -0.39 is 5.97 Å². The molecule has 0 bridgehead atoms. The van der Waals surface area contributed by atoms with Crippen molar-refractivity contribution in [2.24, 2.45) is 5.11 Å². The topological polar surface area (TPSA) is 87.1 Å². The third-order valence-corrected chi connectivity index (χ3v) is 3.10. The quantitative estimate of drug-likeness (QED) is 0.283. The molecule has 1 atom stereocenters. The lowest BCUT2D eigenvalue weighted by molar-refractivity contribution is -0.138. The highest BCUT2D eigenvalue weighted by atomic mass is 79.9. The SMILES string of the molecule is [N-]=[N+]=NCCOC(=O)C1=CC(Br)=CC2NC=CC=C12. The number of hydrogen-bond donors (Lipinski definition) is 1. The number of halogens is 1. The van der Waals surface area contributed by atoms with E-state index in [4.69, 9.17) is 10.3 Å². The van der Waals surface area contributed by atoms with Gasteiger partial charge >= 0.3 is 5.97 Å². The number of nitrogens with zero attached hydrogens (tertiary/aromatic N) is 3. The number of hydrogen-bond acceptors (Lipinski definition) is 4. The minimum absolute atomic E-state index is 0.0379. The Bertz CT molecular complexity index is 556. The summed E-state index contributed by atoms with van der Waals surface area (Å²) in [6.07, 6.45) is 9.21. The summed E-state index contributed by atoms with van der Waals surface area (Å²) < 4.78 is 5.89. The molecule has 0 fully saturated rings. The Labute approximate surface area is 118 Å². The fourth-order valence-electron chi connectivity index (χ4n) is 1.81. The number of rotatable bonds is 4. The van der Waals surface area contributed by atoms with Gasteiger partial charge in [0.2, 0.25) is 0 Å². The van der Waals surface area contributed by atoms with Gasteiger partial charge in [0, 0.05) is 9.39 Å². The second kappa shape index (κ2) is 6.26. The number of ether oxygens (including phenoxy) is 1. The molecular formula is C12H11BrN4O2. The number of fused-ring (bicyclic) bond motifs is 1. The van der Waals surface area contributed by atoms with Crippen LogP contribution in [0.2, 0.25) is 0 Å². The summed E-state index contributed by atoms with van der Waals surface area (Å²) in [7, 11) is 0. The van der Waals surface area contributed by atoms with Crippen molar-refractivity contribution < 1.29 is 9.53 Å². The van der Waals surface area contributed by atoms with E-state index in [2.05, 4.69) is 31.3 Å². The number of dihydropyridines is 1. The number of allylic oxidation sites excluding steroid dienone is 4.